The second-order valence-corrected chi connectivity index (χ2v) is 14.3. The lowest BCUT2D eigenvalue weighted by Crippen LogP contribution is -2.02. The van der Waals surface area contributed by atoms with Crippen LogP contribution in [0, 0.1) is 0 Å². The first-order chi connectivity index (χ1) is 25.8. The van der Waals surface area contributed by atoms with Crippen LogP contribution in [0.2, 0.25) is 0 Å². The summed E-state index contributed by atoms with van der Waals surface area (Å²) >= 11 is 0. The van der Waals surface area contributed by atoms with E-state index in [-0.39, 0.29) is 11.1 Å². The van der Waals surface area contributed by atoms with E-state index in [1.165, 1.54) is 75.3 Å². The number of hydrogen-bond acceptors (Lipinski definition) is 4. The summed E-state index contributed by atoms with van der Waals surface area (Å²) in [4.78, 5) is 34.7. The van der Waals surface area contributed by atoms with Gasteiger partial charge in [-0.1, -0.05) is 126 Å². The third kappa shape index (κ3) is 9.55. The van der Waals surface area contributed by atoms with Gasteiger partial charge in [-0.15, -0.1) is 0 Å². The van der Waals surface area contributed by atoms with Crippen LogP contribution in [0.15, 0.2) is 97.1 Å². The van der Waals surface area contributed by atoms with Gasteiger partial charge in [-0.05, 0) is 90.8 Å². The molecule has 53 heavy (non-hydrogen) atoms. The maximum absolute atomic E-state index is 12.5. The van der Waals surface area contributed by atoms with E-state index in [9.17, 15) is 19.8 Å². The standard InChI is InChI=1S/C47H50N2O4/c1-3-5-7-9-11-13-32-15-21-36(22-16-32)44-30-40(46(50)51)38-28-34(19-25-42(38)48-44)27-35-20-26-43-39(29-35)41(47(52)53)31-45(49-43)37-23-17-33(18-24-37)14-12-10-8-6-4-2/h15-26,28-31H,3-14,27H2,1-2H3,(H,50,51)(H,52,53). The van der Waals surface area contributed by atoms with Crippen LogP contribution in [0.25, 0.3) is 44.3 Å². The number of rotatable bonds is 18. The van der Waals surface area contributed by atoms with Gasteiger partial charge in [0.25, 0.3) is 0 Å². The van der Waals surface area contributed by atoms with Gasteiger partial charge in [0.2, 0.25) is 0 Å². The lowest BCUT2D eigenvalue weighted by atomic mass is 9.96. The van der Waals surface area contributed by atoms with Crippen LogP contribution in [0.1, 0.15) is 121 Å². The number of carboxylic acids is 2. The lowest BCUT2D eigenvalue weighted by molar-refractivity contribution is 0.0688. The molecule has 6 rings (SSSR count). The van der Waals surface area contributed by atoms with Crippen LogP contribution in [0.4, 0.5) is 0 Å². The minimum atomic E-state index is -1.00. The van der Waals surface area contributed by atoms with Crippen molar-refractivity contribution in [1.29, 1.82) is 0 Å². The van der Waals surface area contributed by atoms with Crippen molar-refractivity contribution in [3.63, 3.8) is 0 Å². The van der Waals surface area contributed by atoms with Gasteiger partial charge in [0.05, 0.1) is 33.5 Å². The Morgan fingerprint density at radius 2 is 0.849 bits per heavy atom. The smallest absolute Gasteiger partial charge is 0.336 e. The third-order valence-electron chi connectivity index (χ3n) is 10.3. The van der Waals surface area contributed by atoms with Crippen molar-refractivity contribution >= 4 is 33.7 Å². The molecule has 4 aromatic carbocycles. The highest BCUT2D eigenvalue weighted by molar-refractivity contribution is 6.05. The minimum absolute atomic E-state index is 0.204. The zero-order valence-corrected chi connectivity index (χ0v) is 31.0. The average Bonchev–Trinajstić information content (AvgIpc) is 3.17. The molecular formula is C47H50N2O4. The van der Waals surface area contributed by atoms with Crippen LogP contribution in [-0.4, -0.2) is 32.1 Å². The predicted molar refractivity (Wildman–Crippen MR) is 216 cm³/mol. The summed E-state index contributed by atoms with van der Waals surface area (Å²) in [5.74, 6) is -2.01. The molecule has 6 nitrogen and oxygen atoms in total. The maximum Gasteiger partial charge on any atom is 0.336 e. The SMILES string of the molecule is CCCCCCCc1ccc(-c2cc(C(=O)O)c3cc(Cc4ccc5nc(-c6ccc(CCCCCCC)cc6)cc(C(=O)O)c5c4)ccc3n2)cc1. The number of carbonyl (C=O) groups is 2. The highest BCUT2D eigenvalue weighted by Gasteiger charge is 2.16. The molecule has 2 aromatic heterocycles. The molecule has 0 aliphatic carbocycles. The van der Waals surface area contributed by atoms with Gasteiger partial charge in [0.15, 0.2) is 0 Å². The Kier molecular flexibility index (Phi) is 12.6. The van der Waals surface area contributed by atoms with Crippen molar-refractivity contribution in [1.82, 2.24) is 9.97 Å². The highest BCUT2D eigenvalue weighted by Crippen LogP contribution is 2.30. The van der Waals surface area contributed by atoms with E-state index < -0.39 is 11.9 Å². The molecule has 0 fully saturated rings. The molecule has 0 saturated carbocycles. The van der Waals surface area contributed by atoms with E-state index in [1.807, 2.05) is 60.7 Å². The Morgan fingerprint density at radius 3 is 1.23 bits per heavy atom. The van der Waals surface area contributed by atoms with Crippen molar-refractivity contribution in [2.75, 3.05) is 0 Å². The molecule has 2 heterocycles. The first-order valence-electron chi connectivity index (χ1n) is 19.4. The van der Waals surface area contributed by atoms with Crippen molar-refractivity contribution < 1.29 is 19.8 Å². The molecule has 0 aliphatic rings. The van der Waals surface area contributed by atoms with Gasteiger partial charge in [-0.25, -0.2) is 19.6 Å². The zero-order valence-electron chi connectivity index (χ0n) is 31.0. The zero-order chi connectivity index (χ0) is 37.2. The maximum atomic E-state index is 12.5. The van der Waals surface area contributed by atoms with Crippen LogP contribution in [-0.2, 0) is 19.3 Å². The average molecular weight is 707 g/mol. The normalized spacial score (nSPS) is 11.4. The van der Waals surface area contributed by atoms with Gasteiger partial charge in [0.1, 0.15) is 0 Å². The molecule has 0 saturated heterocycles. The topological polar surface area (TPSA) is 100 Å². The van der Waals surface area contributed by atoms with Crippen LogP contribution in [0.5, 0.6) is 0 Å². The van der Waals surface area contributed by atoms with E-state index in [0.29, 0.717) is 39.6 Å². The van der Waals surface area contributed by atoms with Crippen molar-refractivity contribution in [2.24, 2.45) is 0 Å². The predicted octanol–water partition coefficient (Wildman–Crippen LogP) is 12.1. The number of pyridine rings is 2. The van der Waals surface area contributed by atoms with E-state index in [1.54, 1.807) is 12.1 Å². The summed E-state index contributed by atoms with van der Waals surface area (Å²) in [6.07, 6.45) is 15.0. The molecular weight excluding hydrogens is 657 g/mol. The molecule has 0 unspecified atom stereocenters. The molecule has 2 N–H and O–H groups in total. The molecule has 0 amide bonds. The number of fused-ring (bicyclic) bond motifs is 2. The Labute approximate surface area is 313 Å². The van der Waals surface area contributed by atoms with Crippen LogP contribution >= 0.6 is 0 Å². The summed E-state index contributed by atoms with van der Waals surface area (Å²) in [5, 5.41) is 21.6. The first-order valence-corrected chi connectivity index (χ1v) is 19.4. The number of aryl methyl sites for hydroxylation is 2. The van der Waals surface area contributed by atoms with Crippen molar-refractivity contribution in [3.05, 3.63) is 130 Å². The number of benzene rings is 4. The highest BCUT2D eigenvalue weighted by atomic mass is 16.4. The summed E-state index contributed by atoms with van der Waals surface area (Å²) in [7, 11) is 0. The molecule has 0 aliphatic heterocycles. The number of unbranched alkanes of at least 4 members (excludes halogenated alkanes) is 8. The minimum Gasteiger partial charge on any atom is -0.478 e. The molecule has 0 radical (unpaired) electrons. The summed E-state index contributed by atoms with van der Waals surface area (Å²) < 4.78 is 0. The fourth-order valence-corrected chi connectivity index (χ4v) is 7.20. The molecule has 272 valence electrons. The molecule has 6 aromatic rings. The van der Waals surface area contributed by atoms with Crippen molar-refractivity contribution in [2.45, 2.75) is 97.3 Å². The second-order valence-electron chi connectivity index (χ2n) is 14.3. The van der Waals surface area contributed by atoms with E-state index >= 15 is 0 Å². The largest absolute Gasteiger partial charge is 0.478 e. The quantitative estimate of drug-likeness (QED) is 0.0863. The van der Waals surface area contributed by atoms with Crippen LogP contribution < -0.4 is 0 Å². The second kappa shape index (κ2) is 17.9. The molecule has 0 bridgehead atoms. The number of hydrogen-bond donors (Lipinski definition) is 2. The number of aromatic carboxylic acids is 2. The monoisotopic (exact) mass is 706 g/mol. The van der Waals surface area contributed by atoms with E-state index in [4.69, 9.17) is 9.97 Å². The van der Waals surface area contributed by atoms with Gasteiger partial charge in [-0.2, -0.15) is 0 Å². The van der Waals surface area contributed by atoms with Crippen LogP contribution in [0.3, 0.4) is 0 Å². The Morgan fingerprint density at radius 1 is 0.472 bits per heavy atom. The van der Waals surface area contributed by atoms with E-state index in [2.05, 4.69) is 38.1 Å². The van der Waals surface area contributed by atoms with Crippen molar-refractivity contribution in [3.8, 4) is 22.5 Å². The molecule has 0 spiro atoms. The summed E-state index contributed by atoms with van der Waals surface area (Å²) in [6.45, 7) is 4.45. The number of aromatic nitrogens is 2. The molecule has 6 heteroatoms. The number of carboxylic acid groups (broad SMARTS) is 2. The van der Waals surface area contributed by atoms with Gasteiger partial charge in [-0.3, -0.25) is 0 Å². The Hall–Kier alpha value is -5.36. The number of nitrogens with zero attached hydrogens (tertiary/aromatic N) is 2. The lowest BCUT2D eigenvalue weighted by Gasteiger charge is -2.12. The Bertz CT molecular complexity index is 2030. The first kappa shape index (κ1) is 37.4. The van der Waals surface area contributed by atoms with Gasteiger partial charge in [0, 0.05) is 21.9 Å². The summed E-state index contributed by atoms with van der Waals surface area (Å²) in [6, 6.07) is 31.4. The van der Waals surface area contributed by atoms with Gasteiger partial charge >= 0.3 is 11.9 Å². The Balaban J connectivity index is 1.20. The molecule has 0 atom stereocenters. The van der Waals surface area contributed by atoms with Gasteiger partial charge < -0.3 is 10.2 Å². The summed E-state index contributed by atoms with van der Waals surface area (Å²) in [5.41, 5.74) is 9.06. The fraction of sp³-hybridized carbons (Fsp3) is 0.319. The fourth-order valence-electron chi connectivity index (χ4n) is 7.20. The third-order valence-corrected chi connectivity index (χ3v) is 10.3. The van der Waals surface area contributed by atoms with E-state index in [0.717, 1.165) is 35.1 Å².